The van der Waals surface area contributed by atoms with Crippen LogP contribution >= 0.6 is 0 Å². The lowest BCUT2D eigenvalue weighted by atomic mass is 10.1. The molecule has 1 aromatic heterocycles. The molecule has 2 N–H and O–H groups in total. The fraction of sp³-hybridized carbons (Fsp3) is 0.231. The van der Waals surface area contributed by atoms with E-state index in [1.54, 1.807) is 11.6 Å². The van der Waals surface area contributed by atoms with Gasteiger partial charge in [0.2, 0.25) is 0 Å². The van der Waals surface area contributed by atoms with E-state index in [9.17, 15) is 9.59 Å². The highest BCUT2D eigenvalue weighted by Crippen LogP contribution is 2.27. The van der Waals surface area contributed by atoms with Crippen molar-refractivity contribution >= 4 is 5.91 Å². The van der Waals surface area contributed by atoms with E-state index in [-0.39, 0.29) is 17.6 Å². The van der Waals surface area contributed by atoms with Gasteiger partial charge < -0.3 is 20.1 Å². The molecule has 6 nitrogen and oxygen atoms in total. The first-order valence-electron chi connectivity index (χ1n) is 10.8. The Labute approximate surface area is 188 Å². The van der Waals surface area contributed by atoms with Crippen molar-refractivity contribution < 1.29 is 4.79 Å². The van der Waals surface area contributed by atoms with Crippen LogP contribution in [0.15, 0.2) is 89.6 Å². The monoisotopic (exact) mass is 428 g/mol. The Bertz CT molecular complexity index is 1140. The zero-order chi connectivity index (χ0) is 22.5. The summed E-state index contributed by atoms with van der Waals surface area (Å²) in [6.07, 6.45) is 4.23. The molecule has 32 heavy (non-hydrogen) atoms. The molecule has 164 valence electrons. The lowest BCUT2D eigenvalue weighted by molar-refractivity contribution is -0.117. The van der Waals surface area contributed by atoms with E-state index in [0.29, 0.717) is 24.4 Å². The third-order valence-electron chi connectivity index (χ3n) is 5.61. The SMILES string of the molecule is Cc1cc(C2NC(C(=O)NCCc3ccccc3)=CN2Cc2ccccc2)cn(C)c1=O. The topological polar surface area (TPSA) is 66.4 Å². The molecule has 1 atom stereocenters. The highest BCUT2D eigenvalue weighted by Gasteiger charge is 2.29. The molecular formula is C26H28N4O2. The zero-order valence-electron chi connectivity index (χ0n) is 18.4. The summed E-state index contributed by atoms with van der Waals surface area (Å²) in [5.41, 5.74) is 4.43. The summed E-state index contributed by atoms with van der Waals surface area (Å²) in [7, 11) is 1.75. The number of amides is 1. The van der Waals surface area contributed by atoms with Gasteiger partial charge >= 0.3 is 0 Å². The Morgan fingerprint density at radius 3 is 2.34 bits per heavy atom. The van der Waals surface area contributed by atoms with Crippen molar-refractivity contribution in [2.75, 3.05) is 6.54 Å². The molecule has 0 aliphatic carbocycles. The summed E-state index contributed by atoms with van der Waals surface area (Å²) in [5, 5.41) is 6.37. The van der Waals surface area contributed by atoms with Gasteiger partial charge in [-0.2, -0.15) is 0 Å². The predicted molar refractivity (Wildman–Crippen MR) is 126 cm³/mol. The molecule has 0 spiro atoms. The second kappa shape index (κ2) is 9.56. The first kappa shape index (κ1) is 21.4. The average Bonchev–Trinajstić information content (AvgIpc) is 3.22. The maximum absolute atomic E-state index is 12.9. The smallest absolute Gasteiger partial charge is 0.268 e. The van der Waals surface area contributed by atoms with Gasteiger partial charge in [0.25, 0.3) is 11.5 Å². The molecule has 1 aliphatic heterocycles. The fourth-order valence-corrected chi connectivity index (χ4v) is 3.96. The van der Waals surface area contributed by atoms with Gasteiger partial charge in [-0.1, -0.05) is 60.7 Å². The highest BCUT2D eigenvalue weighted by atomic mass is 16.2. The molecule has 1 unspecified atom stereocenters. The van der Waals surface area contributed by atoms with Crippen LogP contribution in [0, 0.1) is 6.92 Å². The van der Waals surface area contributed by atoms with E-state index in [1.165, 1.54) is 5.56 Å². The number of aromatic nitrogens is 1. The van der Waals surface area contributed by atoms with Crippen LogP contribution in [-0.4, -0.2) is 21.9 Å². The average molecular weight is 429 g/mol. The van der Waals surface area contributed by atoms with Gasteiger partial charge in [0.15, 0.2) is 0 Å². The summed E-state index contributed by atoms with van der Waals surface area (Å²) in [6, 6.07) is 22.1. The number of hydrogen-bond donors (Lipinski definition) is 2. The van der Waals surface area contributed by atoms with Crippen LogP contribution < -0.4 is 16.2 Å². The van der Waals surface area contributed by atoms with Gasteiger partial charge in [0.1, 0.15) is 11.9 Å². The van der Waals surface area contributed by atoms with E-state index < -0.39 is 0 Å². The van der Waals surface area contributed by atoms with E-state index in [1.807, 2.05) is 61.8 Å². The Morgan fingerprint density at radius 2 is 1.69 bits per heavy atom. The van der Waals surface area contributed by atoms with Crippen molar-refractivity contribution in [2.24, 2.45) is 7.05 Å². The lowest BCUT2D eigenvalue weighted by Gasteiger charge is -2.26. The summed E-state index contributed by atoms with van der Waals surface area (Å²) < 4.78 is 1.59. The molecular weight excluding hydrogens is 400 g/mol. The number of nitrogens with one attached hydrogen (secondary N) is 2. The van der Waals surface area contributed by atoms with Crippen molar-refractivity contribution in [1.29, 1.82) is 0 Å². The Morgan fingerprint density at radius 1 is 1.03 bits per heavy atom. The van der Waals surface area contributed by atoms with Crippen LogP contribution in [0.5, 0.6) is 0 Å². The molecule has 0 saturated carbocycles. The maximum Gasteiger partial charge on any atom is 0.268 e. The molecule has 2 heterocycles. The first-order valence-corrected chi connectivity index (χ1v) is 10.8. The lowest BCUT2D eigenvalue weighted by Crippen LogP contribution is -2.34. The Hall–Kier alpha value is -3.80. The van der Waals surface area contributed by atoms with Crippen molar-refractivity contribution in [3.8, 4) is 0 Å². The number of pyridine rings is 1. The molecule has 1 aliphatic rings. The van der Waals surface area contributed by atoms with Crippen LogP contribution in [0.2, 0.25) is 0 Å². The predicted octanol–water partition coefficient (Wildman–Crippen LogP) is 3.00. The molecule has 3 aromatic rings. The van der Waals surface area contributed by atoms with Gasteiger partial charge in [0, 0.05) is 43.7 Å². The second-order valence-electron chi connectivity index (χ2n) is 8.11. The second-order valence-corrected chi connectivity index (χ2v) is 8.11. The summed E-state index contributed by atoms with van der Waals surface area (Å²) in [6.45, 7) is 3.01. The van der Waals surface area contributed by atoms with Crippen molar-refractivity contribution in [3.05, 3.63) is 117 Å². The van der Waals surface area contributed by atoms with Gasteiger partial charge in [-0.3, -0.25) is 9.59 Å². The minimum atomic E-state index is -0.240. The van der Waals surface area contributed by atoms with E-state index in [4.69, 9.17) is 0 Å². The first-order chi connectivity index (χ1) is 15.5. The van der Waals surface area contributed by atoms with Gasteiger partial charge in [-0.05, 0) is 30.5 Å². The highest BCUT2D eigenvalue weighted by molar-refractivity contribution is 5.93. The molecule has 0 saturated heterocycles. The third-order valence-corrected chi connectivity index (χ3v) is 5.61. The standard InChI is InChI=1S/C26H28N4O2/c1-19-15-22(17-29(2)26(19)32)24-28-23(18-30(24)16-21-11-7-4-8-12-21)25(31)27-14-13-20-9-5-3-6-10-20/h3-12,15,17-18,24,28H,13-14,16H2,1-2H3,(H,27,31). The molecule has 0 bridgehead atoms. The van der Waals surface area contributed by atoms with Crippen LogP contribution in [-0.2, 0) is 24.8 Å². The minimum absolute atomic E-state index is 0.0202. The van der Waals surface area contributed by atoms with E-state index >= 15 is 0 Å². The number of benzene rings is 2. The fourth-order valence-electron chi connectivity index (χ4n) is 3.96. The van der Waals surface area contributed by atoms with E-state index in [2.05, 4.69) is 39.8 Å². The van der Waals surface area contributed by atoms with Crippen LogP contribution in [0.25, 0.3) is 0 Å². The van der Waals surface area contributed by atoms with Crippen LogP contribution in [0.4, 0.5) is 0 Å². The number of rotatable bonds is 7. The van der Waals surface area contributed by atoms with Crippen molar-refractivity contribution in [3.63, 3.8) is 0 Å². The Balaban J connectivity index is 1.52. The summed E-state index contributed by atoms with van der Waals surface area (Å²) >= 11 is 0. The van der Waals surface area contributed by atoms with Crippen LogP contribution in [0.1, 0.15) is 28.4 Å². The molecule has 0 fully saturated rings. The van der Waals surface area contributed by atoms with Gasteiger partial charge in [-0.25, -0.2) is 0 Å². The zero-order valence-corrected chi connectivity index (χ0v) is 18.4. The molecule has 2 aromatic carbocycles. The van der Waals surface area contributed by atoms with Gasteiger partial charge in [-0.15, -0.1) is 0 Å². The Kier molecular flexibility index (Phi) is 6.40. The minimum Gasteiger partial charge on any atom is -0.356 e. The van der Waals surface area contributed by atoms with E-state index in [0.717, 1.165) is 17.5 Å². The van der Waals surface area contributed by atoms with Gasteiger partial charge in [0.05, 0.1) is 0 Å². The van der Waals surface area contributed by atoms with Crippen molar-refractivity contribution in [2.45, 2.75) is 26.1 Å². The number of carbonyl (C=O) groups is 1. The number of hydrogen-bond acceptors (Lipinski definition) is 4. The molecule has 0 radical (unpaired) electrons. The van der Waals surface area contributed by atoms with Crippen LogP contribution in [0.3, 0.4) is 0 Å². The molecule has 1 amide bonds. The molecule has 6 heteroatoms. The number of nitrogens with zero attached hydrogens (tertiary/aromatic N) is 2. The number of carbonyl (C=O) groups excluding carboxylic acids is 1. The third kappa shape index (κ3) is 4.91. The quantitative estimate of drug-likeness (QED) is 0.607. The maximum atomic E-state index is 12.9. The molecule has 4 rings (SSSR count). The van der Waals surface area contributed by atoms with Crippen molar-refractivity contribution in [1.82, 2.24) is 20.1 Å². The summed E-state index contributed by atoms with van der Waals surface area (Å²) in [5.74, 6) is -0.136. The summed E-state index contributed by atoms with van der Waals surface area (Å²) in [4.78, 5) is 27.1. The largest absolute Gasteiger partial charge is 0.356 e. The number of aryl methyl sites for hydroxylation is 2. The normalized spacial score (nSPS) is 15.2.